The average Bonchev–Trinajstić information content (AvgIpc) is 2.54. The van der Waals surface area contributed by atoms with Crippen LogP contribution in [0.3, 0.4) is 0 Å². The molecule has 3 rings (SSSR count). The number of hydrogen-bond donors (Lipinski definition) is 1. The number of hydrogen-bond acceptors (Lipinski definition) is 5. The quantitative estimate of drug-likeness (QED) is 0.865. The van der Waals surface area contributed by atoms with E-state index >= 15 is 0 Å². The van der Waals surface area contributed by atoms with Crippen LogP contribution in [0.2, 0.25) is 0 Å². The molecule has 24 heavy (non-hydrogen) atoms. The third kappa shape index (κ3) is 4.09. The molecule has 1 aromatic carbocycles. The molecule has 0 bridgehead atoms. The van der Waals surface area contributed by atoms with Gasteiger partial charge in [0.25, 0.3) is 0 Å². The van der Waals surface area contributed by atoms with Crippen molar-refractivity contribution in [1.82, 2.24) is 9.80 Å². The highest BCUT2D eigenvalue weighted by Gasteiger charge is 2.35. The van der Waals surface area contributed by atoms with Gasteiger partial charge in [0.2, 0.25) is 0 Å². The Morgan fingerprint density at radius 2 is 1.42 bits per heavy atom. The van der Waals surface area contributed by atoms with Crippen LogP contribution in [0.5, 0.6) is 11.5 Å². The third-order valence-electron chi connectivity index (χ3n) is 5.06. The Morgan fingerprint density at radius 3 is 1.92 bits per heavy atom. The Balaban J connectivity index is 0.00000144. The van der Waals surface area contributed by atoms with E-state index in [0.29, 0.717) is 6.42 Å². The third-order valence-corrected chi connectivity index (χ3v) is 5.06. The molecule has 138 valence electrons. The zero-order valence-corrected chi connectivity index (χ0v) is 16.2. The highest BCUT2D eigenvalue weighted by Crippen LogP contribution is 2.37. The van der Waals surface area contributed by atoms with E-state index in [1.165, 1.54) is 5.56 Å². The maximum atomic E-state index is 10.7. The molecule has 2 unspecified atom stereocenters. The molecule has 1 aliphatic carbocycles. The Morgan fingerprint density at radius 1 is 0.917 bits per heavy atom. The Bertz CT molecular complexity index is 537. The highest BCUT2D eigenvalue weighted by molar-refractivity contribution is 5.85. The van der Waals surface area contributed by atoms with Crippen LogP contribution in [0.25, 0.3) is 0 Å². The molecule has 7 heteroatoms. The number of aliphatic hydroxyl groups excluding tert-OH is 1. The summed E-state index contributed by atoms with van der Waals surface area (Å²) in [7, 11) is 5.54. The second-order valence-corrected chi connectivity index (χ2v) is 6.31. The van der Waals surface area contributed by atoms with Crippen molar-refractivity contribution in [1.29, 1.82) is 0 Å². The SMILES string of the molecule is COc1ccc(OC)c2c1CC(O)C(N1CCN(C)CC1)C2.Cl.Cl. The number of aliphatic hydroxyl groups is 1. The second-order valence-electron chi connectivity index (χ2n) is 6.31. The Labute approximate surface area is 156 Å². The first-order chi connectivity index (χ1) is 10.6. The lowest BCUT2D eigenvalue weighted by molar-refractivity contribution is 0.0180. The Kier molecular flexibility index (Phi) is 8.09. The molecule has 1 saturated heterocycles. The molecule has 1 aromatic rings. The number of likely N-dealkylation sites (N-methyl/N-ethyl adjacent to an activating group) is 1. The van der Waals surface area contributed by atoms with Crippen LogP contribution in [-0.4, -0.2) is 74.5 Å². The summed E-state index contributed by atoms with van der Waals surface area (Å²) < 4.78 is 11.0. The van der Waals surface area contributed by atoms with E-state index in [4.69, 9.17) is 9.47 Å². The van der Waals surface area contributed by atoms with E-state index in [0.717, 1.165) is 49.7 Å². The van der Waals surface area contributed by atoms with Crippen molar-refractivity contribution >= 4 is 24.8 Å². The molecule has 0 saturated carbocycles. The molecular weight excluding hydrogens is 351 g/mol. The van der Waals surface area contributed by atoms with Gasteiger partial charge in [-0.15, -0.1) is 24.8 Å². The summed E-state index contributed by atoms with van der Waals surface area (Å²) >= 11 is 0. The van der Waals surface area contributed by atoms with Crippen molar-refractivity contribution < 1.29 is 14.6 Å². The molecule has 0 spiro atoms. The van der Waals surface area contributed by atoms with E-state index in [-0.39, 0.29) is 37.0 Å². The predicted octanol–water partition coefficient (Wildman–Crippen LogP) is 1.62. The zero-order chi connectivity index (χ0) is 15.7. The molecule has 1 aliphatic heterocycles. The molecule has 5 nitrogen and oxygen atoms in total. The van der Waals surface area contributed by atoms with E-state index in [9.17, 15) is 5.11 Å². The van der Waals surface area contributed by atoms with Gasteiger partial charge in [-0.25, -0.2) is 0 Å². The van der Waals surface area contributed by atoms with Gasteiger partial charge < -0.3 is 19.5 Å². The van der Waals surface area contributed by atoms with E-state index in [1.807, 2.05) is 12.1 Å². The van der Waals surface area contributed by atoms with Gasteiger partial charge in [-0.2, -0.15) is 0 Å². The molecule has 0 aromatic heterocycles. The van der Waals surface area contributed by atoms with Gasteiger partial charge >= 0.3 is 0 Å². The zero-order valence-electron chi connectivity index (χ0n) is 14.5. The van der Waals surface area contributed by atoms with Gasteiger partial charge in [0.15, 0.2) is 0 Å². The van der Waals surface area contributed by atoms with Crippen molar-refractivity contribution in [3.63, 3.8) is 0 Å². The number of piperazine rings is 1. The number of nitrogens with zero attached hydrogens (tertiary/aromatic N) is 2. The van der Waals surface area contributed by atoms with Gasteiger partial charge in [-0.3, -0.25) is 4.90 Å². The number of fused-ring (bicyclic) bond motifs is 1. The van der Waals surface area contributed by atoms with Crippen molar-refractivity contribution in [3.05, 3.63) is 23.3 Å². The summed E-state index contributed by atoms with van der Waals surface area (Å²) in [6.45, 7) is 4.15. The lowest BCUT2D eigenvalue weighted by atomic mass is 9.84. The van der Waals surface area contributed by atoms with Crippen molar-refractivity contribution in [3.8, 4) is 11.5 Å². The molecule has 0 radical (unpaired) electrons. The second kappa shape index (κ2) is 9.11. The van der Waals surface area contributed by atoms with Crippen LogP contribution >= 0.6 is 24.8 Å². The lowest BCUT2D eigenvalue weighted by Gasteiger charge is -2.42. The summed E-state index contributed by atoms with van der Waals surface area (Å²) in [6.07, 6.45) is 1.10. The minimum absolute atomic E-state index is 0. The average molecular weight is 379 g/mol. The minimum atomic E-state index is -0.350. The molecular formula is C17H28Cl2N2O3. The van der Waals surface area contributed by atoms with E-state index in [2.05, 4.69) is 16.8 Å². The van der Waals surface area contributed by atoms with E-state index < -0.39 is 0 Å². The van der Waals surface area contributed by atoms with Crippen LogP contribution in [0.1, 0.15) is 11.1 Å². The molecule has 1 heterocycles. The van der Waals surface area contributed by atoms with Crippen molar-refractivity contribution in [2.45, 2.75) is 25.0 Å². The predicted molar refractivity (Wildman–Crippen MR) is 100 cm³/mol. The number of ether oxygens (including phenoxy) is 2. The number of rotatable bonds is 3. The van der Waals surface area contributed by atoms with Crippen molar-refractivity contribution in [2.75, 3.05) is 47.4 Å². The minimum Gasteiger partial charge on any atom is -0.496 e. The molecule has 2 aliphatic rings. The summed E-state index contributed by atoms with van der Waals surface area (Å²) in [6, 6.07) is 4.07. The maximum absolute atomic E-state index is 10.7. The lowest BCUT2D eigenvalue weighted by Crippen LogP contribution is -2.55. The summed E-state index contributed by atoms with van der Waals surface area (Å²) in [5.41, 5.74) is 2.29. The van der Waals surface area contributed by atoms with Crippen LogP contribution in [0.15, 0.2) is 12.1 Å². The monoisotopic (exact) mass is 378 g/mol. The van der Waals surface area contributed by atoms with Crippen LogP contribution in [0, 0.1) is 0 Å². The molecule has 2 atom stereocenters. The molecule has 0 amide bonds. The maximum Gasteiger partial charge on any atom is 0.122 e. The first kappa shape index (κ1) is 21.3. The first-order valence-corrected chi connectivity index (χ1v) is 7.97. The molecule has 1 fully saturated rings. The normalized spacial score (nSPS) is 24.3. The van der Waals surface area contributed by atoms with Crippen LogP contribution in [-0.2, 0) is 12.8 Å². The topological polar surface area (TPSA) is 45.2 Å². The summed E-state index contributed by atoms with van der Waals surface area (Å²) in [5.74, 6) is 1.76. The van der Waals surface area contributed by atoms with Gasteiger partial charge in [0.05, 0.1) is 20.3 Å². The standard InChI is InChI=1S/C17H26N2O3.2ClH/c1-18-6-8-19(9-7-18)14-10-12-13(11-15(14)20)17(22-3)5-4-16(12)21-2;;/h4-5,14-15,20H,6-11H2,1-3H3;2*1H. The fourth-order valence-corrected chi connectivity index (χ4v) is 3.70. The first-order valence-electron chi connectivity index (χ1n) is 7.97. The smallest absolute Gasteiger partial charge is 0.122 e. The van der Waals surface area contributed by atoms with Gasteiger partial charge in [-0.1, -0.05) is 0 Å². The van der Waals surface area contributed by atoms with Crippen LogP contribution in [0.4, 0.5) is 0 Å². The van der Waals surface area contributed by atoms with Crippen molar-refractivity contribution in [2.24, 2.45) is 0 Å². The van der Waals surface area contributed by atoms with Gasteiger partial charge in [0, 0.05) is 49.8 Å². The van der Waals surface area contributed by atoms with Crippen LogP contribution < -0.4 is 9.47 Å². The fourth-order valence-electron chi connectivity index (χ4n) is 3.70. The summed E-state index contributed by atoms with van der Waals surface area (Å²) in [5, 5.41) is 10.7. The number of benzene rings is 1. The molecule has 1 N–H and O–H groups in total. The fraction of sp³-hybridized carbons (Fsp3) is 0.647. The van der Waals surface area contributed by atoms with Gasteiger partial charge in [-0.05, 0) is 25.6 Å². The highest BCUT2D eigenvalue weighted by atomic mass is 35.5. The Hall–Kier alpha value is -0.720. The summed E-state index contributed by atoms with van der Waals surface area (Å²) in [4.78, 5) is 4.76. The number of methoxy groups -OCH3 is 2. The number of halogens is 2. The largest absolute Gasteiger partial charge is 0.496 e. The van der Waals surface area contributed by atoms with Gasteiger partial charge in [0.1, 0.15) is 11.5 Å². The van der Waals surface area contributed by atoms with E-state index in [1.54, 1.807) is 14.2 Å².